The minimum atomic E-state index is -3.42. The van der Waals surface area contributed by atoms with Gasteiger partial charge in [-0.2, -0.15) is 13.8 Å². The Labute approximate surface area is 169 Å². The molecule has 29 heavy (non-hydrogen) atoms. The first-order chi connectivity index (χ1) is 13.5. The monoisotopic (exact) mass is 433 g/mol. The molecular weight excluding hydrogens is 404 g/mol. The number of ether oxygens (including phenoxy) is 2. The van der Waals surface area contributed by atoms with Gasteiger partial charge >= 0.3 is 17.7 Å². The van der Waals surface area contributed by atoms with E-state index >= 15 is 8.78 Å². The Morgan fingerprint density at radius 1 is 1.38 bits per heavy atom. The van der Waals surface area contributed by atoms with E-state index in [4.69, 9.17) is 13.9 Å². The molecule has 0 aliphatic carbocycles. The van der Waals surface area contributed by atoms with E-state index in [0.717, 1.165) is 17.2 Å². The maximum Gasteiger partial charge on any atom is 0.412 e. The second kappa shape index (κ2) is 9.31. The third-order valence-corrected chi connectivity index (χ3v) is 5.24. The van der Waals surface area contributed by atoms with Crippen LogP contribution in [0.1, 0.15) is 39.3 Å². The van der Waals surface area contributed by atoms with Crippen molar-refractivity contribution in [3.05, 3.63) is 22.7 Å². The lowest BCUT2D eigenvalue weighted by Gasteiger charge is -2.30. The maximum atomic E-state index is 15.1. The molecule has 1 amide bonds. The normalized spacial score (nSPS) is 23.8. The van der Waals surface area contributed by atoms with E-state index in [2.05, 4.69) is 10.3 Å². The highest BCUT2D eigenvalue weighted by atomic mass is 28.4. The van der Waals surface area contributed by atoms with E-state index in [-0.39, 0.29) is 12.4 Å². The largest absolute Gasteiger partial charge is 0.449 e. The summed E-state index contributed by atoms with van der Waals surface area (Å²) in [4.78, 5) is 27.7. The standard InChI is InChI=1S/C18H29F2N3O5Si/c1-6-8-11-26-17(25)22-13-9-10-23(16(24)21-13)15-18(19,20)14(12(7-2)27-15)28-29(3,4)5/h9-10,12,14-15H,6-8,11H2,1-5H3,(H,21,22,24,25)/t12-,14?,15-/m1/s1. The molecular formula is C18H29F2N3O5Si. The molecule has 1 unspecified atom stereocenters. The van der Waals surface area contributed by atoms with Crippen LogP contribution in [0.2, 0.25) is 19.6 Å². The lowest BCUT2D eigenvalue weighted by atomic mass is 10.1. The van der Waals surface area contributed by atoms with E-state index in [1.54, 1.807) is 6.92 Å². The number of nitrogens with zero attached hydrogens (tertiary/aromatic N) is 2. The topological polar surface area (TPSA) is 91.7 Å². The van der Waals surface area contributed by atoms with Crippen LogP contribution in [0, 0.1) is 0 Å². The van der Waals surface area contributed by atoms with Gasteiger partial charge in [0.15, 0.2) is 8.32 Å². The fraction of sp³-hybridized carbons (Fsp3) is 0.722. The number of aromatic nitrogens is 2. The van der Waals surface area contributed by atoms with E-state index in [0.29, 0.717) is 12.8 Å². The Balaban J connectivity index is 2.19. The molecule has 1 N–H and O–H groups in total. The fourth-order valence-electron chi connectivity index (χ4n) is 2.92. The van der Waals surface area contributed by atoms with E-state index in [9.17, 15) is 9.59 Å². The average Bonchev–Trinajstić information content (AvgIpc) is 2.84. The molecule has 11 heteroatoms. The van der Waals surface area contributed by atoms with Gasteiger partial charge in [-0.05, 0) is 38.5 Å². The van der Waals surface area contributed by atoms with Crippen molar-refractivity contribution in [3.8, 4) is 0 Å². The van der Waals surface area contributed by atoms with Gasteiger partial charge in [-0.15, -0.1) is 0 Å². The quantitative estimate of drug-likeness (QED) is 0.496. The molecule has 0 saturated carbocycles. The molecule has 2 heterocycles. The number of alkyl halides is 2. The van der Waals surface area contributed by atoms with Gasteiger partial charge in [0.1, 0.15) is 11.9 Å². The molecule has 3 atom stereocenters. The highest BCUT2D eigenvalue weighted by Gasteiger charge is 2.61. The van der Waals surface area contributed by atoms with Crippen molar-refractivity contribution in [2.45, 2.75) is 77.1 Å². The van der Waals surface area contributed by atoms with Crippen LogP contribution in [0.15, 0.2) is 17.1 Å². The lowest BCUT2D eigenvalue weighted by Crippen LogP contribution is -2.47. The molecule has 164 valence electrons. The van der Waals surface area contributed by atoms with Crippen LogP contribution in [0.4, 0.5) is 19.4 Å². The predicted molar refractivity (Wildman–Crippen MR) is 106 cm³/mol. The van der Waals surface area contributed by atoms with Gasteiger partial charge < -0.3 is 13.9 Å². The number of unbranched alkanes of at least 4 members (excludes halogenated alkanes) is 1. The summed E-state index contributed by atoms with van der Waals surface area (Å²) in [6.07, 6.45) is -1.89. The van der Waals surface area contributed by atoms with Gasteiger partial charge in [0, 0.05) is 6.20 Å². The molecule has 0 bridgehead atoms. The molecule has 8 nitrogen and oxygen atoms in total. The third kappa shape index (κ3) is 5.83. The van der Waals surface area contributed by atoms with E-state index < -0.39 is 44.5 Å². The summed E-state index contributed by atoms with van der Waals surface area (Å²) in [5.41, 5.74) is -0.968. The summed E-state index contributed by atoms with van der Waals surface area (Å²) in [5, 5.41) is 2.31. The van der Waals surface area contributed by atoms with Crippen LogP contribution in [0.25, 0.3) is 0 Å². The first kappa shape index (κ1) is 23.4. The molecule has 1 aliphatic rings. The summed E-state index contributed by atoms with van der Waals surface area (Å²) in [7, 11) is -2.28. The lowest BCUT2D eigenvalue weighted by molar-refractivity contribution is -0.137. The van der Waals surface area contributed by atoms with Crippen molar-refractivity contribution >= 4 is 20.2 Å². The van der Waals surface area contributed by atoms with E-state index in [1.807, 2.05) is 26.6 Å². The Hall–Kier alpha value is -1.85. The number of anilines is 1. The van der Waals surface area contributed by atoms with Crippen molar-refractivity contribution < 1.29 is 27.5 Å². The Morgan fingerprint density at radius 3 is 2.62 bits per heavy atom. The molecule has 1 saturated heterocycles. The van der Waals surface area contributed by atoms with Crippen LogP contribution in [0.3, 0.4) is 0 Å². The molecule has 1 aliphatic heterocycles. The van der Waals surface area contributed by atoms with Gasteiger partial charge in [0.2, 0.25) is 6.23 Å². The summed E-state index contributed by atoms with van der Waals surface area (Å²) < 4.78 is 47.0. The van der Waals surface area contributed by atoms with Crippen molar-refractivity contribution in [2.24, 2.45) is 0 Å². The summed E-state index contributed by atoms with van der Waals surface area (Å²) in [6, 6.07) is 1.25. The van der Waals surface area contributed by atoms with Crippen LogP contribution in [-0.4, -0.2) is 48.7 Å². The second-order valence-electron chi connectivity index (χ2n) is 7.88. The number of carbonyl (C=O) groups is 1. The molecule has 0 radical (unpaired) electrons. The second-order valence-corrected chi connectivity index (χ2v) is 12.3. The molecule has 0 aromatic carbocycles. The Bertz CT molecular complexity index is 769. The summed E-state index contributed by atoms with van der Waals surface area (Å²) in [5.74, 6) is -3.50. The van der Waals surface area contributed by atoms with Crippen LogP contribution < -0.4 is 11.0 Å². The number of hydrogen-bond acceptors (Lipinski definition) is 6. The molecule has 1 fully saturated rings. The highest BCUT2D eigenvalue weighted by molar-refractivity contribution is 6.69. The predicted octanol–water partition coefficient (Wildman–Crippen LogP) is 3.75. The van der Waals surface area contributed by atoms with Gasteiger partial charge in [0.05, 0.1) is 12.7 Å². The zero-order chi connectivity index (χ0) is 21.8. The molecule has 0 spiro atoms. The van der Waals surface area contributed by atoms with Gasteiger partial charge in [-0.25, -0.2) is 9.59 Å². The summed E-state index contributed by atoms with van der Waals surface area (Å²) >= 11 is 0. The van der Waals surface area contributed by atoms with Crippen LogP contribution in [0.5, 0.6) is 0 Å². The van der Waals surface area contributed by atoms with Gasteiger partial charge in [0.25, 0.3) is 0 Å². The van der Waals surface area contributed by atoms with Crippen molar-refractivity contribution in [1.82, 2.24) is 9.55 Å². The number of hydrogen-bond donors (Lipinski definition) is 1. The third-order valence-electron chi connectivity index (χ3n) is 4.28. The zero-order valence-electron chi connectivity index (χ0n) is 17.4. The molecule has 1 aromatic rings. The number of halogens is 2. The Kier molecular flexibility index (Phi) is 7.52. The zero-order valence-corrected chi connectivity index (χ0v) is 18.4. The number of amides is 1. The molecule has 1 aromatic heterocycles. The smallest absolute Gasteiger partial charge is 0.412 e. The van der Waals surface area contributed by atoms with Crippen LogP contribution in [-0.2, 0) is 13.9 Å². The maximum absolute atomic E-state index is 15.1. The van der Waals surface area contributed by atoms with Gasteiger partial charge in [-0.1, -0.05) is 20.3 Å². The minimum absolute atomic E-state index is 0.0870. The first-order valence-electron chi connectivity index (χ1n) is 9.73. The van der Waals surface area contributed by atoms with Crippen LogP contribution >= 0.6 is 0 Å². The van der Waals surface area contributed by atoms with Crippen molar-refractivity contribution in [1.29, 1.82) is 0 Å². The number of nitrogens with one attached hydrogen (secondary N) is 1. The van der Waals surface area contributed by atoms with Crippen molar-refractivity contribution in [2.75, 3.05) is 11.9 Å². The first-order valence-corrected chi connectivity index (χ1v) is 13.1. The number of carbonyl (C=O) groups excluding carboxylic acids is 1. The number of rotatable bonds is 8. The van der Waals surface area contributed by atoms with Gasteiger partial charge in [-0.3, -0.25) is 9.88 Å². The van der Waals surface area contributed by atoms with Crippen molar-refractivity contribution in [3.63, 3.8) is 0 Å². The molecule has 2 rings (SSSR count). The SMILES string of the molecule is CCCCOC(=O)Nc1ccn([C@@H]2O[C@H](CC)C(O[Si](C)(C)C)C2(F)F)c(=O)n1. The summed E-state index contributed by atoms with van der Waals surface area (Å²) in [6.45, 7) is 9.36. The fourth-order valence-corrected chi connectivity index (χ4v) is 3.99. The highest BCUT2D eigenvalue weighted by Crippen LogP contribution is 2.45. The van der Waals surface area contributed by atoms with E-state index in [1.165, 1.54) is 6.07 Å². The Morgan fingerprint density at radius 2 is 2.07 bits per heavy atom. The minimum Gasteiger partial charge on any atom is -0.449 e. The average molecular weight is 434 g/mol.